The fourth-order valence-electron chi connectivity index (χ4n) is 3.79. The Hall–Kier alpha value is -3.74. The first-order valence-electron chi connectivity index (χ1n) is 12.1. The third kappa shape index (κ3) is 8.70. The molecule has 6 heteroatoms. The Morgan fingerprint density at radius 2 is 1.35 bits per heavy atom. The number of benzene rings is 4. The molecule has 0 aromatic heterocycles. The summed E-state index contributed by atoms with van der Waals surface area (Å²) in [6, 6.07) is 33.4. The second-order valence-electron chi connectivity index (χ2n) is 8.63. The third-order valence-electron chi connectivity index (χ3n) is 5.65. The van der Waals surface area contributed by atoms with E-state index >= 15 is 0 Å². The largest absolute Gasteiger partial charge is 0.457 e. The van der Waals surface area contributed by atoms with Crippen molar-refractivity contribution in [1.29, 1.82) is 0 Å². The smallest absolute Gasteiger partial charge is 0.225 e. The summed E-state index contributed by atoms with van der Waals surface area (Å²) in [4.78, 5) is 26.0. The molecule has 0 aliphatic heterocycles. The number of amides is 1. The summed E-state index contributed by atoms with van der Waals surface area (Å²) in [5.41, 5.74) is 2.69. The van der Waals surface area contributed by atoms with Crippen molar-refractivity contribution in [3.05, 3.63) is 130 Å². The molecule has 0 saturated carbocycles. The number of Topliss-reactive ketones (excluding diaryl/α,β-unsaturated/α-hetero) is 1. The summed E-state index contributed by atoms with van der Waals surface area (Å²) in [7, 11) is 0. The van der Waals surface area contributed by atoms with Crippen molar-refractivity contribution in [3.63, 3.8) is 0 Å². The van der Waals surface area contributed by atoms with E-state index in [0.29, 0.717) is 12.4 Å². The highest BCUT2D eigenvalue weighted by Crippen LogP contribution is 2.21. The van der Waals surface area contributed by atoms with Gasteiger partial charge in [-0.1, -0.05) is 88.7 Å². The SMILES string of the molecule is O=C(Cc1cccc(Br)c1)NC(COCc1ccccc1)C(=O)Cc1ccc(Oc2ccccc2)cc1. The summed E-state index contributed by atoms with van der Waals surface area (Å²) in [5, 5.41) is 2.88. The zero-order valence-electron chi connectivity index (χ0n) is 20.3. The van der Waals surface area contributed by atoms with Gasteiger partial charge in [0, 0.05) is 10.9 Å². The summed E-state index contributed by atoms with van der Waals surface area (Å²) in [6.07, 6.45) is 0.343. The molecule has 5 nitrogen and oxygen atoms in total. The fourth-order valence-corrected chi connectivity index (χ4v) is 4.23. The molecule has 0 aliphatic carbocycles. The standard InChI is InChI=1S/C31H28BrNO4/c32-26-11-7-10-25(18-26)20-31(35)33-29(22-36-21-24-8-3-1-4-9-24)30(34)19-23-14-16-28(17-15-23)37-27-12-5-2-6-13-27/h1-18,29H,19-22H2,(H,33,35). The van der Waals surface area contributed by atoms with Gasteiger partial charge >= 0.3 is 0 Å². The highest BCUT2D eigenvalue weighted by atomic mass is 79.9. The number of carbonyl (C=O) groups excluding carboxylic acids is 2. The number of para-hydroxylation sites is 1. The molecule has 1 N–H and O–H groups in total. The van der Waals surface area contributed by atoms with Crippen LogP contribution >= 0.6 is 15.9 Å². The quantitative estimate of drug-likeness (QED) is 0.222. The van der Waals surface area contributed by atoms with Gasteiger partial charge in [-0.15, -0.1) is 0 Å². The minimum absolute atomic E-state index is 0.0904. The average Bonchev–Trinajstić information content (AvgIpc) is 2.90. The van der Waals surface area contributed by atoms with Crippen LogP contribution < -0.4 is 10.1 Å². The molecule has 4 aromatic carbocycles. The monoisotopic (exact) mass is 557 g/mol. The second kappa shape index (κ2) is 13.5. The molecule has 1 unspecified atom stereocenters. The van der Waals surface area contributed by atoms with Gasteiger partial charge in [0.15, 0.2) is 5.78 Å². The second-order valence-corrected chi connectivity index (χ2v) is 9.55. The Morgan fingerprint density at radius 3 is 2.05 bits per heavy atom. The molecular weight excluding hydrogens is 530 g/mol. The minimum Gasteiger partial charge on any atom is -0.457 e. The van der Waals surface area contributed by atoms with Crippen molar-refractivity contribution < 1.29 is 19.1 Å². The van der Waals surface area contributed by atoms with Gasteiger partial charge in [-0.3, -0.25) is 9.59 Å². The van der Waals surface area contributed by atoms with Crippen LogP contribution in [0.5, 0.6) is 11.5 Å². The maximum atomic E-state index is 13.2. The molecule has 0 radical (unpaired) electrons. The molecular formula is C31H28BrNO4. The normalized spacial score (nSPS) is 11.5. The maximum Gasteiger partial charge on any atom is 0.225 e. The van der Waals surface area contributed by atoms with Crippen LogP contribution in [0.25, 0.3) is 0 Å². The van der Waals surface area contributed by atoms with Crippen molar-refractivity contribution in [2.75, 3.05) is 6.61 Å². The molecule has 0 saturated heterocycles. The summed E-state index contributed by atoms with van der Waals surface area (Å²) in [6.45, 7) is 0.449. The van der Waals surface area contributed by atoms with E-state index in [1.54, 1.807) is 0 Å². The lowest BCUT2D eigenvalue weighted by molar-refractivity contribution is -0.128. The number of ketones is 1. The van der Waals surface area contributed by atoms with Gasteiger partial charge in [-0.25, -0.2) is 0 Å². The predicted octanol–water partition coefficient (Wildman–Crippen LogP) is 6.30. The maximum absolute atomic E-state index is 13.2. The Kier molecular flexibility index (Phi) is 9.63. The first-order chi connectivity index (χ1) is 18.0. The van der Waals surface area contributed by atoms with Gasteiger partial charge in [-0.2, -0.15) is 0 Å². The van der Waals surface area contributed by atoms with E-state index in [4.69, 9.17) is 9.47 Å². The van der Waals surface area contributed by atoms with Crippen LogP contribution in [0.2, 0.25) is 0 Å². The molecule has 0 heterocycles. The van der Waals surface area contributed by atoms with Crippen molar-refractivity contribution in [1.82, 2.24) is 5.32 Å². The van der Waals surface area contributed by atoms with Crippen LogP contribution in [0.15, 0.2) is 114 Å². The van der Waals surface area contributed by atoms with Gasteiger partial charge in [0.1, 0.15) is 17.5 Å². The van der Waals surface area contributed by atoms with Crippen LogP contribution in [0.3, 0.4) is 0 Å². The first kappa shape index (κ1) is 26.3. The van der Waals surface area contributed by atoms with Gasteiger partial charge in [0.25, 0.3) is 0 Å². The summed E-state index contributed by atoms with van der Waals surface area (Å²) < 4.78 is 12.6. The third-order valence-corrected chi connectivity index (χ3v) is 6.15. The van der Waals surface area contributed by atoms with Gasteiger partial charge in [0.2, 0.25) is 5.91 Å². The molecule has 4 rings (SSSR count). The van der Waals surface area contributed by atoms with E-state index in [-0.39, 0.29) is 31.1 Å². The zero-order valence-corrected chi connectivity index (χ0v) is 21.9. The molecule has 4 aromatic rings. The molecule has 1 amide bonds. The van der Waals surface area contributed by atoms with Crippen LogP contribution in [0, 0.1) is 0 Å². The molecule has 1 atom stereocenters. The molecule has 0 aliphatic rings. The molecule has 0 bridgehead atoms. The Morgan fingerprint density at radius 1 is 0.703 bits per heavy atom. The number of rotatable bonds is 12. The Bertz CT molecular complexity index is 1290. The molecule has 37 heavy (non-hydrogen) atoms. The number of nitrogens with one attached hydrogen (secondary N) is 1. The minimum atomic E-state index is -0.761. The molecule has 0 spiro atoms. The van der Waals surface area contributed by atoms with E-state index in [2.05, 4.69) is 21.2 Å². The van der Waals surface area contributed by atoms with Crippen LogP contribution in [0.4, 0.5) is 0 Å². The lowest BCUT2D eigenvalue weighted by atomic mass is 10.0. The lowest BCUT2D eigenvalue weighted by Crippen LogP contribution is -2.45. The van der Waals surface area contributed by atoms with Gasteiger partial charge in [0.05, 0.1) is 19.6 Å². The van der Waals surface area contributed by atoms with Crippen molar-refractivity contribution in [3.8, 4) is 11.5 Å². The highest BCUT2D eigenvalue weighted by molar-refractivity contribution is 9.10. The summed E-state index contributed by atoms with van der Waals surface area (Å²) in [5.74, 6) is 1.08. The van der Waals surface area contributed by atoms with Gasteiger partial charge in [-0.05, 0) is 53.1 Å². The van der Waals surface area contributed by atoms with Crippen LogP contribution in [-0.4, -0.2) is 24.3 Å². The number of ether oxygens (including phenoxy) is 2. The highest BCUT2D eigenvalue weighted by Gasteiger charge is 2.22. The van der Waals surface area contributed by atoms with E-state index in [1.165, 1.54) is 0 Å². The topological polar surface area (TPSA) is 64.6 Å². The fraction of sp³-hybridized carbons (Fsp3) is 0.161. The number of hydrogen-bond donors (Lipinski definition) is 1. The molecule has 0 fully saturated rings. The van der Waals surface area contributed by atoms with Crippen molar-refractivity contribution >= 4 is 27.6 Å². The van der Waals surface area contributed by atoms with E-state index in [1.807, 2.05) is 109 Å². The lowest BCUT2D eigenvalue weighted by Gasteiger charge is -2.18. The summed E-state index contributed by atoms with van der Waals surface area (Å²) >= 11 is 3.43. The number of halogens is 1. The van der Waals surface area contributed by atoms with E-state index in [0.717, 1.165) is 26.9 Å². The Labute approximate surface area is 225 Å². The zero-order chi connectivity index (χ0) is 25.9. The van der Waals surface area contributed by atoms with E-state index in [9.17, 15) is 9.59 Å². The predicted molar refractivity (Wildman–Crippen MR) is 148 cm³/mol. The molecule has 188 valence electrons. The van der Waals surface area contributed by atoms with Crippen molar-refractivity contribution in [2.24, 2.45) is 0 Å². The van der Waals surface area contributed by atoms with Crippen molar-refractivity contribution in [2.45, 2.75) is 25.5 Å². The van der Waals surface area contributed by atoms with Gasteiger partial charge < -0.3 is 14.8 Å². The number of carbonyl (C=O) groups is 2. The number of hydrogen-bond acceptors (Lipinski definition) is 4. The van der Waals surface area contributed by atoms with Crippen LogP contribution in [0.1, 0.15) is 16.7 Å². The first-order valence-corrected chi connectivity index (χ1v) is 12.8. The Balaban J connectivity index is 1.38. The van der Waals surface area contributed by atoms with Crippen LogP contribution in [-0.2, 0) is 33.8 Å². The average molecular weight is 558 g/mol. The van der Waals surface area contributed by atoms with E-state index < -0.39 is 6.04 Å².